The lowest BCUT2D eigenvalue weighted by Crippen LogP contribution is -2.27. The molecule has 0 radical (unpaired) electrons. The molecule has 2 fully saturated rings. The topological polar surface area (TPSA) is 57.6 Å². The van der Waals surface area contributed by atoms with E-state index >= 15 is 0 Å². The Bertz CT molecular complexity index is 902. The lowest BCUT2D eigenvalue weighted by molar-refractivity contribution is 0.315. The molecule has 1 aliphatic heterocycles. The van der Waals surface area contributed by atoms with Gasteiger partial charge in [0.2, 0.25) is 0 Å². The fourth-order valence-corrected chi connectivity index (χ4v) is 6.50. The summed E-state index contributed by atoms with van der Waals surface area (Å²) in [5, 5.41) is 9.00. The van der Waals surface area contributed by atoms with Gasteiger partial charge in [-0.25, -0.2) is 12.8 Å². The van der Waals surface area contributed by atoms with Crippen LogP contribution < -0.4 is 0 Å². The van der Waals surface area contributed by atoms with Gasteiger partial charge in [0.15, 0.2) is 21.4 Å². The molecule has 0 spiro atoms. The Labute approximate surface area is 159 Å². The molecule has 2 aliphatic rings. The average Bonchev–Trinajstić information content (AvgIpc) is 3.23. The molecule has 27 heavy (non-hydrogen) atoms. The summed E-state index contributed by atoms with van der Waals surface area (Å²) >= 11 is 0. The van der Waals surface area contributed by atoms with E-state index in [0.29, 0.717) is 16.7 Å². The number of fused-ring (bicyclic) bond motifs is 1. The number of likely N-dealkylation sites (tertiary alicyclic amines) is 1. The minimum absolute atomic E-state index is 0.275. The third-order valence-electron chi connectivity index (χ3n) is 6.02. The number of hydrogen-bond donors (Lipinski definition) is 1. The lowest BCUT2D eigenvalue weighted by Gasteiger charge is -2.19. The van der Waals surface area contributed by atoms with E-state index in [2.05, 4.69) is 4.90 Å². The zero-order valence-electron chi connectivity index (χ0n) is 15.1. The van der Waals surface area contributed by atoms with Gasteiger partial charge in [0.25, 0.3) is 0 Å². The Balaban J connectivity index is 1.34. The summed E-state index contributed by atoms with van der Waals surface area (Å²) in [5.41, 5.74) is 0.867. The normalized spacial score (nSPS) is 25.6. The summed E-state index contributed by atoms with van der Waals surface area (Å²) in [7, 11) is -3.25. The second-order valence-corrected chi connectivity index (χ2v) is 10.00. The third kappa shape index (κ3) is 3.73. The second kappa shape index (κ2) is 7.24. The van der Waals surface area contributed by atoms with Crippen LogP contribution in [0.15, 0.2) is 53.4 Å². The predicted octanol–water partition coefficient (Wildman–Crippen LogP) is 3.26. The van der Waals surface area contributed by atoms with E-state index in [1.54, 1.807) is 30.3 Å². The van der Waals surface area contributed by atoms with Crippen molar-refractivity contribution in [3.8, 4) is 5.75 Å². The number of hydrogen-bond acceptors (Lipinski definition) is 4. The van der Waals surface area contributed by atoms with Crippen molar-refractivity contribution in [1.82, 2.24) is 4.90 Å². The molecule has 1 aliphatic carbocycles. The van der Waals surface area contributed by atoms with Crippen molar-refractivity contribution in [2.45, 2.75) is 29.4 Å². The van der Waals surface area contributed by atoms with Crippen molar-refractivity contribution in [2.24, 2.45) is 11.8 Å². The first-order valence-corrected chi connectivity index (χ1v) is 11.0. The highest BCUT2D eigenvalue weighted by Gasteiger charge is 2.45. The Morgan fingerprint density at radius 3 is 2.33 bits per heavy atom. The van der Waals surface area contributed by atoms with Crippen LogP contribution in [0.5, 0.6) is 5.75 Å². The SMILES string of the molecule is O=S(=O)(c1ccccc1)C1C[C@@H]2CN(CCc3ccc(O)c(F)c3)C[C@@H]2C1. The number of halogens is 1. The van der Waals surface area contributed by atoms with Gasteiger partial charge in [0.1, 0.15) is 0 Å². The Hall–Kier alpha value is -1.92. The third-order valence-corrected chi connectivity index (χ3v) is 8.21. The maximum Gasteiger partial charge on any atom is 0.181 e. The number of benzene rings is 2. The fourth-order valence-electron chi connectivity index (χ4n) is 4.57. The van der Waals surface area contributed by atoms with Crippen LogP contribution >= 0.6 is 0 Å². The van der Waals surface area contributed by atoms with Crippen molar-refractivity contribution in [3.63, 3.8) is 0 Å². The summed E-state index contributed by atoms with van der Waals surface area (Å²) in [6.45, 7) is 2.64. The van der Waals surface area contributed by atoms with Gasteiger partial charge in [-0.15, -0.1) is 0 Å². The minimum atomic E-state index is -3.25. The Morgan fingerprint density at radius 1 is 1.04 bits per heavy atom. The largest absolute Gasteiger partial charge is 0.505 e. The van der Waals surface area contributed by atoms with E-state index in [9.17, 15) is 17.9 Å². The summed E-state index contributed by atoms with van der Waals surface area (Å²) in [6, 6.07) is 13.3. The lowest BCUT2D eigenvalue weighted by atomic mass is 10.0. The highest BCUT2D eigenvalue weighted by molar-refractivity contribution is 7.92. The highest BCUT2D eigenvalue weighted by atomic mass is 32.2. The van der Waals surface area contributed by atoms with Gasteiger partial charge in [-0.3, -0.25) is 0 Å². The molecule has 4 nitrogen and oxygen atoms in total. The number of nitrogens with zero attached hydrogens (tertiary/aromatic N) is 1. The van der Waals surface area contributed by atoms with Gasteiger partial charge >= 0.3 is 0 Å². The number of sulfone groups is 1. The van der Waals surface area contributed by atoms with E-state index in [1.165, 1.54) is 12.1 Å². The van der Waals surface area contributed by atoms with Crippen LogP contribution in [-0.4, -0.2) is 43.3 Å². The molecule has 1 saturated carbocycles. The predicted molar refractivity (Wildman–Crippen MR) is 102 cm³/mol. The molecule has 2 aromatic rings. The van der Waals surface area contributed by atoms with Gasteiger partial charge in [-0.05, 0) is 60.9 Å². The molecule has 1 saturated heterocycles. The van der Waals surface area contributed by atoms with Crippen molar-refractivity contribution < 1.29 is 17.9 Å². The zero-order chi connectivity index (χ0) is 19.0. The van der Waals surface area contributed by atoms with Crippen LogP contribution in [0.1, 0.15) is 18.4 Å². The van der Waals surface area contributed by atoms with Crippen LogP contribution in [0.4, 0.5) is 4.39 Å². The maximum absolute atomic E-state index is 13.4. The zero-order valence-corrected chi connectivity index (χ0v) is 15.9. The smallest absolute Gasteiger partial charge is 0.181 e. The minimum Gasteiger partial charge on any atom is -0.505 e. The van der Waals surface area contributed by atoms with E-state index in [1.807, 2.05) is 6.07 Å². The van der Waals surface area contributed by atoms with Crippen LogP contribution in [0.25, 0.3) is 0 Å². The molecular formula is C21H24FNO3S. The summed E-state index contributed by atoms with van der Waals surface area (Å²) in [5.74, 6) is -0.0602. The van der Waals surface area contributed by atoms with Crippen LogP contribution in [0, 0.1) is 17.7 Å². The molecule has 6 heteroatoms. The second-order valence-electron chi connectivity index (χ2n) is 7.77. The first-order chi connectivity index (χ1) is 12.9. The van der Waals surface area contributed by atoms with E-state index in [-0.39, 0.29) is 11.0 Å². The van der Waals surface area contributed by atoms with Gasteiger partial charge in [-0.1, -0.05) is 24.3 Å². The molecule has 1 unspecified atom stereocenters. The summed E-state index contributed by atoms with van der Waals surface area (Å²) in [6.07, 6.45) is 2.18. The molecule has 3 atom stereocenters. The molecule has 1 N–H and O–H groups in total. The average molecular weight is 389 g/mol. The van der Waals surface area contributed by atoms with E-state index < -0.39 is 15.7 Å². The van der Waals surface area contributed by atoms with Crippen molar-refractivity contribution in [3.05, 3.63) is 59.9 Å². The van der Waals surface area contributed by atoms with Crippen LogP contribution in [0.2, 0.25) is 0 Å². The molecule has 0 bridgehead atoms. The van der Waals surface area contributed by atoms with Crippen LogP contribution in [0.3, 0.4) is 0 Å². The number of phenolic OH excluding ortho intramolecular Hbond substituents is 1. The molecule has 0 aromatic heterocycles. The van der Waals surface area contributed by atoms with Crippen molar-refractivity contribution in [1.29, 1.82) is 0 Å². The first kappa shape index (κ1) is 18.4. The summed E-state index contributed by atoms with van der Waals surface area (Å²) in [4.78, 5) is 2.78. The molecule has 0 amide bonds. The van der Waals surface area contributed by atoms with Gasteiger partial charge in [0, 0.05) is 19.6 Å². The van der Waals surface area contributed by atoms with E-state index in [0.717, 1.165) is 44.5 Å². The number of rotatable bonds is 5. The molecule has 4 rings (SSSR count). The monoisotopic (exact) mass is 389 g/mol. The number of aromatic hydroxyl groups is 1. The fraction of sp³-hybridized carbons (Fsp3) is 0.429. The van der Waals surface area contributed by atoms with Crippen LogP contribution in [-0.2, 0) is 16.3 Å². The Morgan fingerprint density at radius 2 is 1.70 bits per heavy atom. The van der Waals surface area contributed by atoms with Crippen molar-refractivity contribution >= 4 is 9.84 Å². The molecule has 1 heterocycles. The molecule has 2 aromatic carbocycles. The van der Waals surface area contributed by atoms with Gasteiger partial charge < -0.3 is 10.0 Å². The van der Waals surface area contributed by atoms with Crippen molar-refractivity contribution in [2.75, 3.05) is 19.6 Å². The van der Waals surface area contributed by atoms with Gasteiger partial charge in [0.05, 0.1) is 10.1 Å². The molecule has 144 valence electrons. The summed E-state index contributed by atoms with van der Waals surface area (Å²) < 4.78 is 39.1. The molecular weight excluding hydrogens is 365 g/mol. The number of phenols is 1. The standard InChI is InChI=1S/C21H24FNO3S/c22-20-10-15(6-7-21(20)24)8-9-23-13-16-11-19(12-17(16)14-23)27(25,26)18-4-2-1-3-5-18/h1-7,10,16-17,19,24H,8-9,11-14H2/t16-,17+,19?. The Kier molecular flexibility index (Phi) is 4.95. The maximum atomic E-state index is 13.4. The van der Waals surface area contributed by atoms with Gasteiger partial charge in [-0.2, -0.15) is 0 Å². The highest BCUT2D eigenvalue weighted by Crippen LogP contribution is 2.42. The first-order valence-electron chi connectivity index (χ1n) is 9.42. The van der Waals surface area contributed by atoms with E-state index in [4.69, 9.17) is 0 Å². The quantitative estimate of drug-likeness (QED) is 0.853.